The number of halogens is 4. The second-order valence-electron chi connectivity index (χ2n) is 3.74. The Labute approximate surface area is 106 Å². The molecule has 0 heterocycles. The molecule has 1 N–H and O–H groups in total. The van der Waals surface area contributed by atoms with Gasteiger partial charge in [0.05, 0.1) is 0 Å². The molecule has 5 heteroatoms. The summed E-state index contributed by atoms with van der Waals surface area (Å²) < 4.78 is 38.7. The minimum Gasteiger partial charge on any atom is -0.384 e. The molecule has 18 heavy (non-hydrogen) atoms. The maximum absolute atomic E-state index is 13.0. The minimum absolute atomic E-state index is 0.0206. The number of aliphatic hydroxyl groups is 1. The van der Waals surface area contributed by atoms with Crippen molar-refractivity contribution in [1.82, 2.24) is 0 Å². The lowest BCUT2D eigenvalue weighted by Gasteiger charge is -2.13. The summed E-state index contributed by atoms with van der Waals surface area (Å²) in [6.45, 7) is 0. The van der Waals surface area contributed by atoms with Gasteiger partial charge >= 0.3 is 0 Å². The van der Waals surface area contributed by atoms with Crippen molar-refractivity contribution in [3.63, 3.8) is 0 Å². The van der Waals surface area contributed by atoms with E-state index in [4.69, 9.17) is 11.6 Å². The minimum atomic E-state index is -1.24. The molecular formula is C13H8ClF3O. The van der Waals surface area contributed by atoms with Crippen molar-refractivity contribution in [2.24, 2.45) is 0 Å². The lowest BCUT2D eigenvalue weighted by molar-refractivity contribution is 0.219. The monoisotopic (exact) mass is 272 g/mol. The van der Waals surface area contributed by atoms with Crippen molar-refractivity contribution in [3.05, 3.63) is 70.0 Å². The highest BCUT2D eigenvalue weighted by atomic mass is 35.5. The van der Waals surface area contributed by atoms with Crippen LogP contribution >= 0.6 is 11.6 Å². The summed E-state index contributed by atoms with van der Waals surface area (Å²) in [6, 6.07) is 6.49. The zero-order chi connectivity index (χ0) is 13.3. The molecular weight excluding hydrogens is 265 g/mol. The van der Waals surface area contributed by atoms with Gasteiger partial charge in [0.15, 0.2) is 11.6 Å². The van der Waals surface area contributed by atoms with Crippen LogP contribution in [0.4, 0.5) is 13.2 Å². The van der Waals surface area contributed by atoms with Gasteiger partial charge < -0.3 is 5.11 Å². The van der Waals surface area contributed by atoms with Gasteiger partial charge in [-0.3, -0.25) is 0 Å². The van der Waals surface area contributed by atoms with Crippen molar-refractivity contribution in [1.29, 1.82) is 0 Å². The highest BCUT2D eigenvalue weighted by molar-refractivity contribution is 6.31. The van der Waals surface area contributed by atoms with Crippen molar-refractivity contribution < 1.29 is 18.3 Å². The molecule has 1 atom stereocenters. The van der Waals surface area contributed by atoms with Gasteiger partial charge in [-0.15, -0.1) is 0 Å². The van der Waals surface area contributed by atoms with Gasteiger partial charge in [0.2, 0.25) is 0 Å². The van der Waals surface area contributed by atoms with Gasteiger partial charge in [-0.1, -0.05) is 23.7 Å². The van der Waals surface area contributed by atoms with E-state index in [0.717, 1.165) is 24.3 Å². The van der Waals surface area contributed by atoms with Crippen LogP contribution in [-0.2, 0) is 0 Å². The lowest BCUT2D eigenvalue weighted by Crippen LogP contribution is -2.02. The van der Waals surface area contributed by atoms with Crippen LogP contribution in [0.25, 0.3) is 0 Å². The topological polar surface area (TPSA) is 20.2 Å². The fourth-order valence-corrected chi connectivity index (χ4v) is 1.86. The van der Waals surface area contributed by atoms with Crippen molar-refractivity contribution in [3.8, 4) is 0 Å². The summed E-state index contributed by atoms with van der Waals surface area (Å²) in [5.41, 5.74) is 0.367. The molecule has 1 unspecified atom stereocenters. The average molecular weight is 273 g/mol. The quantitative estimate of drug-likeness (QED) is 0.881. The first kappa shape index (κ1) is 12.9. The zero-order valence-electron chi connectivity index (χ0n) is 9.00. The Morgan fingerprint density at radius 1 is 0.944 bits per heavy atom. The molecule has 0 aliphatic heterocycles. The molecule has 0 radical (unpaired) electrons. The van der Waals surface area contributed by atoms with Crippen LogP contribution in [0.15, 0.2) is 36.4 Å². The molecule has 2 rings (SSSR count). The molecule has 0 aliphatic carbocycles. The first-order chi connectivity index (χ1) is 8.49. The molecule has 0 fully saturated rings. The summed E-state index contributed by atoms with van der Waals surface area (Å²) in [5, 5.41) is 10.0. The van der Waals surface area contributed by atoms with E-state index in [-0.39, 0.29) is 16.1 Å². The largest absolute Gasteiger partial charge is 0.384 e. The third kappa shape index (κ3) is 2.49. The predicted octanol–water partition coefficient (Wildman–Crippen LogP) is 3.84. The second-order valence-corrected chi connectivity index (χ2v) is 4.15. The molecule has 0 spiro atoms. The molecule has 0 saturated carbocycles. The summed E-state index contributed by atoms with van der Waals surface area (Å²) in [5.74, 6) is -2.61. The Kier molecular flexibility index (Phi) is 3.59. The van der Waals surface area contributed by atoms with Crippen LogP contribution < -0.4 is 0 Å². The van der Waals surface area contributed by atoms with Crippen molar-refractivity contribution >= 4 is 11.6 Å². The van der Waals surface area contributed by atoms with Gasteiger partial charge in [0.25, 0.3) is 0 Å². The molecule has 94 valence electrons. The molecule has 0 amide bonds. The Balaban J connectivity index is 2.41. The molecule has 0 aromatic heterocycles. The van der Waals surface area contributed by atoms with Gasteiger partial charge in [-0.05, 0) is 29.8 Å². The maximum atomic E-state index is 13.0. The van der Waals surface area contributed by atoms with E-state index in [1.54, 1.807) is 0 Å². The fraction of sp³-hybridized carbons (Fsp3) is 0.0769. The molecule has 0 saturated heterocycles. The predicted molar refractivity (Wildman–Crippen MR) is 61.8 cm³/mol. The molecule has 0 bridgehead atoms. The molecule has 2 aromatic carbocycles. The maximum Gasteiger partial charge on any atom is 0.159 e. The van der Waals surface area contributed by atoms with Crippen LogP contribution in [0.3, 0.4) is 0 Å². The number of benzene rings is 2. The van der Waals surface area contributed by atoms with E-state index in [1.807, 2.05) is 0 Å². The van der Waals surface area contributed by atoms with E-state index in [9.17, 15) is 18.3 Å². The van der Waals surface area contributed by atoms with Gasteiger partial charge in [-0.25, -0.2) is 13.2 Å². The Morgan fingerprint density at radius 3 is 2.28 bits per heavy atom. The van der Waals surface area contributed by atoms with Crippen LogP contribution in [-0.4, -0.2) is 5.11 Å². The SMILES string of the molecule is OC(c1ccc(F)c(F)c1)c1ccc(F)cc1Cl. The third-order valence-electron chi connectivity index (χ3n) is 2.52. The van der Waals surface area contributed by atoms with E-state index >= 15 is 0 Å². The summed E-state index contributed by atoms with van der Waals surface area (Å²) in [7, 11) is 0. The Morgan fingerprint density at radius 2 is 1.67 bits per heavy atom. The van der Waals surface area contributed by atoms with Crippen LogP contribution in [0, 0.1) is 17.5 Å². The first-order valence-electron chi connectivity index (χ1n) is 5.07. The highest BCUT2D eigenvalue weighted by Crippen LogP contribution is 2.29. The molecule has 0 aliphatic rings. The molecule has 1 nitrogen and oxygen atoms in total. The normalized spacial score (nSPS) is 12.5. The second kappa shape index (κ2) is 5.00. The van der Waals surface area contributed by atoms with E-state index in [2.05, 4.69) is 0 Å². The average Bonchev–Trinajstić information content (AvgIpc) is 2.32. The highest BCUT2D eigenvalue weighted by Gasteiger charge is 2.16. The van der Waals surface area contributed by atoms with Gasteiger partial charge in [0, 0.05) is 10.6 Å². The van der Waals surface area contributed by atoms with Crippen LogP contribution in [0.2, 0.25) is 5.02 Å². The smallest absolute Gasteiger partial charge is 0.159 e. The number of hydrogen-bond acceptors (Lipinski definition) is 1. The van der Waals surface area contributed by atoms with Gasteiger partial charge in [-0.2, -0.15) is 0 Å². The van der Waals surface area contributed by atoms with E-state index in [0.29, 0.717) is 0 Å². The first-order valence-corrected chi connectivity index (χ1v) is 5.45. The molecule has 2 aromatic rings. The van der Waals surface area contributed by atoms with Gasteiger partial charge in [0.1, 0.15) is 11.9 Å². The fourth-order valence-electron chi connectivity index (χ4n) is 1.59. The van der Waals surface area contributed by atoms with E-state index in [1.165, 1.54) is 12.1 Å². The number of rotatable bonds is 2. The number of hydrogen-bond donors (Lipinski definition) is 1. The summed E-state index contributed by atoms with van der Waals surface area (Å²) in [6.07, 6.45) is -1.24. The zero-order valence-corrected chi connectivity index (χ0v) is 9.76. The van der Waals surface area contributed by atoms with Crippen molar-refractivity contribution in [2.75, 3.05) is 0 Å². The Bertz CT molecular complexity index is 586. The van der Waals surface area contributed by atoms with Crippen LogP contribution in [0.1, 0.15) is 17.2 Å². The van der Waals surface area contributed by atoms with E-state index < -0.39 is 23.6 Å². The Hall–Kier alpha value is -1.52. The summed E-state index contributed by atoms with van der Waals surface area (Å²) in [4.78, 5) is 0. The number of aliphatic hydroxyl groups excluding tert-OH is 1. The summed E-state index contributed by atoms with van der Waals surface area (Å²) >= 11 is 5.78. The lowest BCUT2D eigenvalue weighted by atomic mass is 10.0. The van der Waals surface area contributed by atoms with Crippen molar-refractivity contribution in [2.45, 2.75) is 6.10 Å². The standard InChI is InChI=1S/C13H8ClF3O/c14-10-6-8(15)2-3-9(10)13(18)7-1-4-11(16)12(17)5-7/h1-6,13,18H. The van der Waals surface area contributed by atoms with Crippen LogP contribution in [0.5, 0.6) is 0 Å². The third-order valence-corrected chi connectivity index (χ3v) is 2.84.